The number of ether oxygens (including phenoxy) is 1. The Hall–Kier alpha value is -3.34. The predicted octanol–water partition coefficient (Wildman–Crippen LogP) is 3.25. The summed E-state index contributed by atoms with van der Waals surface area (Å²) in [5.74, 6) is 0.485. The van der Waals surface area contributed by atoms with Crippen molar-refractivity contribution >= 4 is 12.1 Å². The highest BCUT2D eigenvalue weighted by molar-refractivity contribution is 5.95. The molecule has 0 unspecified atom stereocenters. The zero-order valence-electron chi connectivity index (χ0n) is 13.2. The first-order valence-corrected chi connectivity index (χ1v) is 7.47. The van der Waals surface area contributed by atoms with E-state index in [-0.39, 0.29) is 5.91 Å². The van der Waals surface area contributed by atoms with Crippen LogP contribution < -0.4 is 10.2 Å². The van der Waals surface area contributed by atoms with Gasteiger partial charge in [-0.05, 0) is 54.1 Å². The van der Waals surface area contributed by atoms with Gasteiger partial charge in [-0.25, -0.2) is 5.43 Å². The van der Waals surface area contributed by atoms with E-state index in [1.54, 1.807) is 25.5 Å². The number of carbonyl (C=O) groups excluding carboxylic acids is 1. The van der Waals surface area contributed by atoms with Crippen LogP contribution in [0.4, 0.5) is 0 Å². The maximum absolute atomic E-state index is 12.1. The standard InChI is InChI=1S/C19H17N3O2/c1-24-18-6-4-5-15(13-18)14-20-21-19(23)16-7-9-17(10-8-16)22-11-2-3-12-22/h2-14H,1H3,(H,21,23)/b20-14+. The molecule has 0 saturated carbocycles. The fraction of sp³-hybridized carbons (Fsp3) is 0.0526. The Kier molecular flexibility index (Phi) is 4.72. The first-order valence-electron chi connectivity index (χ1n) is 7.47. The Morgan fingerprint density at radius 1 is 1.08 bits per heavy atom. The van der Waals surface area contributed by atoms with Crippen LogP contribution in [0.25, 0.3) is 5.69 Å². The van der Waals surface area contributed by atoms with Crippen molar-refractivity contribution in [2.45, 2.75) is 0 Å². The molecule has 0 atom stereocenters. The van der Waals surface area contributed by atoms with E-state index in [0.29, 0.717) is 5.56 Å². The maximum atomic E-state index is 12.1. The monoisotopic (exact) mass is 319 g/mol. The van der Waals surface area contributed by atoms with Gasteiger partial charge in [-0.3, -0.25) is 4.79 Å². The van der Waals surface area contributed by atoms with Gasteiger partial charge in [-0.2, -0.15) is 5.10 Å². The third-order valence-electron chi connectivity index (χ3n) is 3.51. The number of hydrogen-bond acceptors (Lipinski definition) is 3. The molecule has 0 saturated heterocycles. The summed E-state index contributed by atoms with van der Waals surface area (Å²) in [4.78, 5) is 12.1. The summed E-state index contributed by atoms with van der Waals surface area (Å²) in [5, 5.41) is 3.98. The Morgan fingerprint density at radius 3 is 2.54 bits per heavy atom. The Balaban J connectivity index is 1.63. The van der Waals surface area contributed by atoms with Crippen LogP contribution in [0.1, 0.15) is 15.9 Å². The number of benzene rings is 2. The van der Waals surface area contributed by atoms with Crippen LogP contribution >= 0.6 is 0 Å². The van der Waals surface area contributed by atoms with Gasteiger partial charge in [0, 0.05) is 23.6 Å². The second-order valence-electron chi connectivity index (χ2n) is 5.11. The summed E-state index contributed by atoms with van der Waals surface area (Å²) >= 11 is 0. The summed E-state index contributed by atoms with van der Waals surface area (Å²) in [6, 6.07) is 18.6. The first kappa shape index (κ1) is 15.6. The summed E-state index contributed by atoms with van der Waals surface area (Å²) in [5.41, 5.74) is 4.91. The van der Waals surface area contributed by atoms with Gasteiger partial charge in [-0.15, -0.1) is 0 Å². The smallest absolute Gasteiger partial charge is 0.271 e. The fourth-order valence-electron chi connectivity index (χ4n) is 2.24. The predicted molar refractivity (Wildman–Crippen MR) is 93.8 cm³/mol. The van der Waals surface area contributed by atoms with Crippen molar-refractivity contribution in [2.75, 3.05) is 7.11 Å². The van der Waals surface area contributed by atoms with Crippen molar-refractivity contribution in [3.8, 4) is 11.4 Å². The molecule has 1 heterocycles. The quantitative estimate of drug-likeness (QED) is 0.580. The lowest BCUT2D eigenvalue weighted by Crippen LogP contribution is -2.17. The molecule has 0 spiro atoms. The molecule has 1 N–H and O–H groups in total. The molecule has 1 aromatic heterocycles. The van der Waals surface area contributed by atoms with Crippen LogP contribution in [0.2, 0.25) is 0 Å². The largest absolute Gasteiger partial charge is 0.497 e. The molecule has 0 aliphatic heterocycles. The second-order valence-corrected chi connectivity index (χ2v) is 5.11. The molecular formula is C19H17N3O2. The van der Waals surface area contributed by atoms with Crippen LogP contribution in [0.3, 0.4) is 0 Å². The van der Waals surface area contributed by atoms with Gasteiger partial charge < -0.3 is 9.30 Å². The molecule has 0 aliphatic rings. The average molecular weight is 319 g/mol. The maximum Gasteiger partial charge on any atom is 0.271 e. The van der Waals surface area contributed by atoms with Crippen molar-refractivity contribution in [3.63, 3.8) is 0 Å². The number of carbonyl (C=O) groups is 1. The summed E-state index contributed by atoms with van der Waals surface area (Å²) in [6.07, 6.45) is 5.48. The van der Waals surface area contributed by atoms with E-state index in [0.717, 1.165) is 17.0 Å². The lowest BCUT2D eigenvalue weighted by molar-refractivity contribution is 0.0955. The Morgan fingerprint density at radius 2 is 1.83 bits per heavy atom. The number of aromatic nitrogens is 1. The van der Waals surface area contributed by atoms with Gasteiger partial charge in [0.2, 0.25) is 0 Å². The van der Waals surface area contributed by atoms with Crippen LogP contribution in [-0.2, 0) is 0 Å². The average Bonchev–Trinajstić information content (AvgIpc) is 3.16. The van der Waals surface area contributed by atoms with Gasteiger partial charge in [0.25, 0.3) is 5.91 Å². The highest BCUT2D eigenvalue weighted by Gasteiger charge is 2.04. The SMILES string of the molecule is COc1cccc(/C=N/NC(=O)c2ccc(-n3cccc3)cc2)c1. The van der Waals surface area contributed by atoms with Gasteiger partial charge in [-0.1, -0.05) is 12.1 Å². The molecule has 3 aromatic rings. The number of amides is 1. The van der Waals surface area contributed by atoms with Gasteiger partial charge >= 0.3 is 0 Å². The highest BCUT2D eigenvalue weighted by Crippen LogP contribution is 2.11. The van der Waals surface area contributed by atoms with Crippen molar-refractivity contribution < 1.29 is 9.53 Å². The molecule has 0 aliphatic carbocycles. The minimum absolute atomic E-state index is 0.256. The van der Waals surface area contributed by atoms with E-state index in [1.165, 1.54) is 0 Å². The fourth-order valence-corrected chi connectivity index (χ4v) is 2.24. The van der Waals surface area contributed by atoms with Crippen molar-refractivity contribution in [1.29, 1.82) is 0 Å². The van der Waals surface area contributed by atoms with Gasteiger partial charge in [0.05, 0.1) is 13.3 Å². The molecule has 3 rings (SSSR count). The van der Waals surface area contributed by atoms with E-state index in [9.17, 15) is 4.79 Å². The number of hydrazone groups is 1. The summed E-state index contributed by atoms with van der Waals surface area (Å²) < 4.78 is 7.12. The van der Waals surface area contributed by atoms with E-state index < -0.39 is 0 Å². The Bertz CT molecular complexity index is 837. The molecule has 2 aromatic carbocycles. The van der Waals surface area contributed by atoms with E-state index >= 15 is 0 Å². The van der Waals surface area contributed by atoms with Crippen LogP contribution in [0, 0.1) is 0 Å². The molecule has 120 valence electrons. The third-order valence-corrected chi connectivity index (χ3v) is 3.51. The zero-order chi connectivity index (χ0) is 16.8. The van der Waals surface area contributed by atoms with E-state index in [1.807, 2.05) is 65.5 Å². The lowest BCUT2D eigenvalue weighted by Gasteiger charge is -2.04. The summed E-state index contributed by atoms with van der Waals surface area (Å²) in [7, 11) is 1.61. The minimum Gasteiger partial charge on any atom is -0.497 e. The lowest BCUT2D eigenvalue weighted by atomic mass is 10.2. The molecule has 0 bridgehead atoms. The molecular weight excluding hydrogens is 302 g/mol. The number of nitrogens with zero attached hydrogens (tertiary/aromatic N) is 2. The van der Waals surface area contributed by atoms with Crippen molar-refractivity contribution in [3.05, 3.63) is 84.2 Å². The van der Waals surface area contributed by atoms with Crippen LogP contribution in [0.5, 0.6) is 5.75 Å². The molecule has 0 radical (unpaired) electrons. The van der Waals surface area contributed by atoms with Crippen molar-refractivity contribution in [2.24, 2.45) is 5.10 Å². The second kappa shape index (κ2) is 7.28. The normalized spacial score (nSPS) is 10.7. The minimum atomic E-state index is -0.256. The highest BCUT2D eigenvalue weighted by atomic mass is 16.5. The zero-order valence-corrected chi connectivity index (χ0v) is 13.2. The van der Waals surface area contributed by atoms with Gasteiger partial charge in [0.1, 0.15) is 5.75 Å². The third kappa shape index (κ3) is 3.70. The molecule has 0 fully saturated rings. The number of nitrogens with one attached hydrogen (secondary N) is 1. The molecule has 1 amide bonds. The number of rotatable bonds is 5. The molecule has 5 heteroatoms. The molecule has 24 heavy (non-hydrogen) atoms. The first-order chi connectivity index (χ1) is 11.8. The molecule has 5 nitrogen and oxygen atoms in total. The Labute approximate surface area is 140 Å². The van der Waals surface area contributed by atoms with Crippen LogP contribution in [-0.4, -0.2) is 23.8 Å². The number of hydrogen-bond donors (Lipinski definition) is 1. The van der Waals surface area contributed by atoms with Crippen molar-refractivity contribution in [1.82, 2.24) is 9.99 Å². The number of methoxy groups -OCH3 is 1. The van der Waals surface area contributed by atoms with E-state index in [2.05, 4.69) is 10.5 Å². The topological polar surface area (TPSA) is 55.6 Å². The van der Waals surface area contributed by atoms with Crippen LogP contribution in [0.15, 0.2) is 78.2 Å². The van der Waals surface area contributed by atoms with E-state index in [4.69, 9.17) is 4.74 Å². The summed E-state index contributed by atoms with van der Waals surface area (Å²) in [6.45, 7) is 0. The van der Waals surface area contributed by atoms with Gasteiger partial charge in [0.15, 0.2) is 0 Å².